The van der Waals surface area contributed by atoms with Gasteiger partial charge in [-0.1, -0.05) is 19.1 Å². The van der Waals surface area contributed by atoms with Gasteiger partial charge in [0.2, 0.25) is 0 Å². The minimum Gasteiger partial charge on any atom is -0.465 e. The summed E-state index contributed by atoms with van der Waals surface area (Å²) in [5.74, 6) is -0.285. The number of rotatable bonds is 2. The normalized spacial score (nSPS) is 24.3. The van der Waals surface area contributed by atoms with Gasteiger partial charge < -0.3 is 4.74 Å². The zero-order valence-electron chi connectivity index (χ0n) is 11.0. The number of methoxy groups -OCH3 is 1. The Kier molecular flexibility index (Phi) is 3.99. The molecular formula is C14H20N2O2. The van der Waals surface area contributed by atoms with Gasteiger partial charge in [0.1, 0.15) is 0 Å². The van der Waals surface area contributed by atoms with Crippen molar-refractivity contribution in [2.45, 2.75) is 25.2 Å². The topological polar surface area (TPSA) is 50.4 Å². The molecule has 0 aliphatic carbocycles. The van der Waals surface area contributed by atoms with Crippen molar-refractivity contribution in [1.82, 2.24) is 10.9 Å². The summed E-state index contributed by atoms with van der Waals surface area (Å²) in [5, 5.41) is 0. The van der Waals surface area contributed by atoms with Gasteiger partial charge >= 0.3 is 5.97 Å². The number of carbonyl (C=O) groups is 1. The first-order valence-corrected chi connectivity index (χ1v) is 6.30. The molecular weight excluding hydrogens is 228 g/mol. The summed E-state index contributed by atoms with van der Waals surface area (Å²) in [6.45, 7) is 4.14. The first-order chi connectivity index (χ1) is 8.65. The average molecular weight is 248 g/mol. The molecule has 0 spiro atoms. The molecule has 1 unspecified atom stereocenters. The molecule has 0 saturated carbocycles. The highest BCUT2D eigenvalue weighted by molar-refractivity contribution is 5.89. The Hall–Kier alpha value is -1.39. The summed E-state index contributed by atoms with van der Waals surface area (Å²) in [4.78, 5) is 11.4. The quantitative estimate of drug-likeness (QED) is 0.781. The lowest BCUT2D eigenvalue weighted by Crippen LogP contribution is -2.39. The minimum absolute atomic E-state index is 0.109. The lowest BCUT2D eigenvalue weighted by Gasteiger charge is -2.28. The fourth-order valence-corrected chi connectivity index (χ4v) is 2.37. The van der Waals surface area contributed by atoms with Crippen LogP contribution < -0.4 is 10.9 Å². The SMILES string of the molecule is COC(=O)c1ccc(C2(C)CCCNNC2)cc1. The molecule has 98 valence electrons. The standard InChI is InChI=1S/C14H20N2O2/c1-14(8-3-9-15-16-10-14)12-6-4-11(5-7-12)13(17)18-2/h4-7,15-16H,3,8-10H2,1-2H3. The van der Waals surface area contributed by atoms with Gasteiger partial charge in [0, 0.05) is 18.5 Å². The van der Waals surface area contributed by atoms with Gasteiger partial charge in [0.15, 0.2) is 0 Å². The van der Waals surface area contributed by atoms with Crippen LogP contribution >= 0.6 is 0 Å². The number of benzene rings is 1. The smallest absolute Gasteiger partial charge is 0.337 e. The molecule has 0 radical (unpaired) electrons. The molecule has 1 saturated heterocycles. The number of esters is 1. The third kappa shape index (κ3) is 2.71. The lowest BCUT2D eigenvalue weighted by molar-refractivity contribution is 0.0600. The van der Waals surface area contributed by atoms with E-state index in [-0.39, 0.29) is 11.4 Å². The van der Waals surface area contributed by atoms with Crippen LogP contribution in [0.4, 0.5) is 0 Å². The zero-order valence-corrected chi connectivity index (χ0v) is 11.0. The van der Waals surface area contributed by atoms with Crippen molar-refractivity contribution in [1.29, 1.82) is 0 Å². The summed E-state index contributed by atoms with van der Waals surface area (Å²) in [6, 6.07) is 7.73. The first-order valence-electron chi connectivity index (χ1n) is 6.30. The van der Waals surface area contributed by atoms with Crippen LogP contribution in [0.3, 0.4) is 0 Å². The van der Waals surface area contributed by atoms with E-state index in [1.165, 1.54) is 12.7 Å². The highest BCUT2D eigenvalue weighted by Gasteiger charge is 2.27. The van der Waals surface area contributed by atoms with E-state index < -0.39 is 0 Å². The van der Waals surface area contributed by atoms with Crippen LogP contribution in [0.1, 0.15) is 35.7 Å². The summed E-state index contributed by atoms with van der Waals surface area (Å²) < 4.78 is 4.71. The average Bonchev–Trinajstić information content (AvgIpc) is 2.64. The third-order valence-electron chi connectivity index (χ3n) is 3.64. The second kappa shape index (κ2) is 5.50. The number of hydrazine groups is 1. The van der Waals surface area contributed by atoms with E-state index in [1.807, 2.05) is 24.3 Å². The highest BCUT2D eigenvalue weighted by atomic mass is 16.5. The zero-order chi connectivity index (χ0) is 13.0. The molecule has 1 fully saturated rings. The van der Waals surface area contributed by atoms with Crippen LogP contribution in [-0.2, 0) is 10.2 Å². The number of carbonyl (C=O) groups excluding carboxylic acids is 1. The van der Waals surface area contributed by atoms with Crippen molar-refractivity contribution in [3.63, 3.8) is 0 Å². The molecule has 1 aromatic carbocycles. The van der Waals surface area contributed by atoms with Gasteiger partial charge in [0.25, 0.3) is 0 Å². The molecule has 2 rings (SSSR count). The van der Waals surface area contributed by atoms with E-state index in [0.717, 1.165) is 25.9 Å². The van der Waals surface area contributed by atoms with Gasteiger partial charge in [-0.25, -0.2) is 4.79 Å². The summed E-state index contributed by atoms with van der Waals surface area (Å²) in [7, 11) is 1.40. The lowest BCUT2D eigenvalue weighted by atomic mass is 9.78. The van der Waals surface area contributed by atoms with Crippen LogP contribution in [0.5, 0.6) is 0 Å². The highest BCUT2D eigenvalue weighted by Crippen LogP contribution is 2.29. The molecule has 4 nitrogen and oxygen atoms in total. The van der Waals surface area contributed by atoms with Crippen LogP contribution in [0.2, 0.25) is 0 Å². The second-order valence-electron chi connectivity index (χ2n) is 5.01. The largest absolute Gasteiger partial charge is 0.465 e. The van der Waals surface area contributed by atoms with Crippen molar-refractivity contribution >= 4 is 5.97 Å². The molecule has 18 heavy (non-hydrogen) atoms. The predicted molar refractivity (Wildman–Crippen MR) is 70.4 cm³/mol. The number of ether oxygens (including phenoxy) is 1. The van der Waals surface area contributed by atoms with Gasteiger partial charge in [-0.15, -0.1) is 0 Å². The van der Waals surface area contributed by atoms with E-state index in [9.17, 15) is 4.79 Å². The first kappa shape index (κ1) is 13.1. The Morgan fingerprint density at radius 2 is 2.00 bits per heavy atom. The molecule has 2 N–H and O–H groups in total. The Labute approximate surface area is 108 Å². The van der Waals surface area contributed by atoms with Crippen molar-refractivity contribution in [3.05, 3.63) is 35.4 Å². The van der Waals surface area contributed by atoms with Crippen LogP contribution in [0.15, 0.2) is 24.3 Å². The molecule has 0 aromatic heterocycles. The molecule has 4 heteroatoms. The van der Waals surface area contributed by atoms with Crippen molar-refractivity contribution in [3.8, 4) is 0 Å². The van der Waals surface area contributed by atoms with Gasteiger partial charge in [-0.05, 0) is 30.5 Å². The van der Waals surface area contributed by atoms with Crippen molar-refractivity contribution in [2.75, 3.05) is 20.2 Å². The monoisotopic (exact) mass is 248 g/mol. The minimum atomic E-state index is -0.285. The molecule has 1 aromatic rings. The maximum atomic E-state index is 11.4. The van der Waals surface area contributed by atoms with Crippen LogP contribution in [0, 0.1) is 0 Å². The van der Waals surface area contributed by atoms with Gasteiger partial charge in [-0.2, -0.15) is 0 Å². The number of nitrogens with one attached hydrogen (secondary N) is 2. The molecule has 1 heterocycles. The van der Waals surface area contributed by atoms with E-state index in [1.54, 1.807) is 0 Å². The fourth-order valence-electron chi connectivity index (χ4n) is 2.37. The Morgan fingerprint density at radius 3 is 2.67 bits per heavy atom. The van der Waals surface area contributed by atoms with E-state index in [2.05, 4.69) is 17.8 Å². The third-order valence-corrected chi connectivity index (χ3v) is 3.64. The van der Waals surface area contributed by atoms with Crippen LogP contribution in [-0.4, -0.2) is 26.2 Å². The van der Waals surface area contributed by atoms with Crippen LogP contribution in [0.25, 0.3) is 0 Å². The Morgan fingerprint density at radius 1 is 1.28 bits per heavy atom. The van der Waals surface area contributed by atoms with E-state index >= 15 is 0 Å². The van der Waals surface area contributed by atoms with Gasteiger partial charge in [0.05, 0.1) is 12.7 Å². The molecule has 1 aliphatic heterocycles. The summed E-state index contributed by atoms with van der Waals surface area (Å²) in [5.41, 5.74) is 8.40. The molecule has 0 amide bonds. The molecule has 1 atom stereocenters. The predicted octanol–water partition coefficient (Wildman–Crippen LogP) is 1.62. The Bertz CT molecular complexity index is 406. The Balaban J connectivity index is 2.19. The fraction of sp³-hybridized carbons (Fsp3) is 0.500. The molecule has 0 bridgehead atoms. The number of hydrogen-bond acceptors (Lipinski definition) is 4. The van der Waals surface area contributed by atoms with E-state index in [0.29, 0.717) is 5.56 Å². The van der Waals surface area contributed by atoms with Crippen molar-refractivity contribution in [2.24, 2.45) is 0 Å². The second-order valence-corrected chi connectivity index (χ2v) is 5.01. The van der Waals surface area contributed by atoms with E-state index in [4.69, 9.17) is 4.74 Å². The molecule has 1 aliphatic rings. The maximum Gasteiger partial charge on any atom is 0.337 e. The maximum absolute atomic E-state index is 11.4. The number of hydrogen-bond donors (Lipinski definition) is 2. The van der Waals surface area contributed by atoms with Gasteiger partial charge in [-0.3, -0.25) is 10.9 Å². The van der Waals surface area contributed by atoms with Crippen molar-refractivity contribution < 1.29 is 9.53 Å². The summed E-state index contributed by atoms with van der Waals surface area (Å²) in [6.07, 6.45) is 2.27. The summed E-state index contributed by atoms with van der Waals surface area (Å²) >= 11 is 0.